The van der Waals surface area contributed by atoms with Gasteiger partial charge in [0.15, 0.2) is 0 Å². The van der Waals surface area contributed by atoms with Crippen molar-refractivity contribution in [2.24, 2.45) is 0 Å². The Bertz CT molecular complexity index is 1040. The number of phenols is 1. The fraction of sp³-hybridized carbons (Fsp3) is 0.310. The maximum atomic E-state index is 9.83. The number of likely N-dealkylation sites (N-methyl/N-ethyl adjacent to an activating group) is 1. The zero-order chi connectivity index (χ0) is 23.0. The van der Waals surface area contributed by atoms with E-state index in [0.717, 1.165) is 53.5 Å². The van der Waals surface area contributed by atoms with Crippen LogP contribution in [-0.2, 0) is 0 Å². The number of hydrogen-bond donors (Lipinski definition) is 2. The van der Waals surface area contributed by atoms with E-state index in [2.05, 4.69) is 36.2 Å². The molecule has 0 aliphatic carbocycles. The van der Waals surface area contributed by atoms with E-state index < -0.39 is 0 Å². The number of ether oxygens (including phenoxy) is 1. The lowest BCUT2D eigenvalue weighted by Gasteiger charge is -2.18. The van der Waals surface area contributed by atoms with E-state index in [1.807, 2.05) is 42.5 Å². The molecule has 1 saturated heterocycles. The van der Waals surface area contributed by atoms with E-state index >= 15 is 0 Å². The Morgan fingerprint density at radius 2 is 1.52 bits per heavy atom. The van der Waals surface area contributed by atoms with Crippen molar-refractivity contribution in [3.8, 4) is 11.5 Å². The minimum atomic E-state index is 0.141. The number of aliphatic hydroxyl groups excluding tert-OH is 1. The monoisotopic (exact) mass is 443 g/mol. The van der Waals surface area contributed by atoms with E-state index in [-0.39, 0.29) is 12.4 Å². The molecule has 1 aliphatic heterocycles. The van der Waals surface area contributed by atoms with E-state index in [1.54, 1.807) is 12.1 Å². The molecule has 1 heterocycles. The summed E-state index contributed by atoms with van der Waals surface area (Å²) in [6.07, 6.45) is 3.69. The van der Waals surface area contributed by atoms with Crippen LogP contribution in [0.5, 0.6) is 11.5 Å². The molecule has 0 aromatic heterocycles. The lowest BCUT2D eigenvalue weighted by molar-refractivity contribution is 0.290. The summed E-state index contributed by atoms with van der Waals surface area (Å²) in [5.41, 5.74) is 5.55. The van der Waals surface area contributed by atoms with Crippen molar-refractivity contribution in [1.29, 1.82) is 0 Å². The van der Waals surface area contributed by atoms with Crippen LogP contribution in [0.1, 0.15) is 42.4 Å². The number of rotatable bonds is 11. The van der Waals surface area contributed by atoms with Gasteiger partial charge in [0, 0.05) is 19.2 Å². The van der Waals surface area contributed by atoms with Gasteiger partial charge < -0.3 is 19.8 Å². The third kappa shape index (κ3) is 6.25. The van der Waals surface area contributed by atoms with Gasteiger partial charge in [0.05, 0.1) is 6.61 Å². The second-order valence-electron chi connectivity index (χ2n) is 8.70. The summed E-state index contributed by atoms with van der Waals surface area (Å²) in [5, 5.41) is 19.4. The summed E-state index contributed by atoms with van der Waals surface area (Å²) in [6, 6.07) is 26.7. The van der Waals surface area contributed by atoms with Crippen LogP contribution in [0.3, 0.4) is 0 Å². The fourth-order valence-corrected chi connectivity index (χ4v) is 4.28. The first-order chi connectivity index (χ1) is 16.2. The normalized spacial score (nSPS) is 18.0. The molecule has 0 amide bonds. The van der Waals surface area contributed by atoms with Gasteiger partial charge in [0.1, 0.15) is 11.5 Å². The smallest absolute Gasteiger partial charge is 0.119 e. The van der Waals surface area contributed by atoms with Gasteiger partial charge in [-0.05, 0) is 84.8 Å². The molecule has 1 aliphatic rings. The first-order valence-corrected chi connectivity index (χ1v) is 11.8. The Morgan fingerprint density at radius 3 is 2.12 bits per heavy atom. The maximum absolute atomic E-state index is 9.83. The molecule has 2 N–H and O–H groups in total. The first-order valence-electron chi connectivity index (χ1n) is 11.8. The van der Waals surface area contributed by atoms with Crippen molar-refractivity contribution in [3.05, 3.63) is 95.6 Å². The van der Waals surface area contributed by atoms with Crippen molar-refractivity contribution in [3.63, 3.8) is 0 Å². The molecule has 172 valence electrons. The van der Waals surface area contributed by atoms with Crippen LogP contribution >= 0.6 is 0 Å². The van der Waals surface area contributed by atoms with Crippen LogP contribution in [-0.4, -0.2) is 48.0 Å². The Hall–Kier alpha value is -3.08. The molecule has 33 heavy (non-hydrogen) atoms. The van der Waals surface area contributed by atoms with Gasteiger partial charge in [0.2, 0.25) is 0 Å². The van der Waals surface area contributed by atoms with Crippen LogP contribution in [0, 0.1) is 0 Å². The highest BCUT2D eigenvalue weighted by atomic mass is 16.5. The van der Waals surface area contributed by atoms with Gasteiger partial charge in [-0.2, -0.15) is 0 Å². The fourth-order valence-electron chi connectivity index (χ4n) is 4.28. The molecule has 1 unspecified atom stereocenters. The maximum Gasteiger partial charge on any atom is 0.119 e. The van der Waals surface area contributed by atoms with Gasteiger partial charge >= 0.3 is 0 Å². The minimum absolute atomic E-state index is 0.141. The highest BCUT2D eigenvalue weighted by Gasteiger charge is 2.28. The van der Waals surface area contributed by atoms with Gasteiger partial charge in [0.25, 0.3) is 0 Å². The van der Waals surface area contributed by atoms with Gasteiger partial charge in [-0.25, -0.2) is 0 Å². The molecule has 4 heteroatoms. The predicted molar refractivity (Wildman–Crippen MR) is 134 cm³/mol. The molecule has 0 bridgehead atoms. The standard InChI is InChI=1S/C29H33NO3/c1-30-21-25(30)9-6-20-33-27-17-13-24(14-18-27)29(23-11-15-26(32)16-12-23)28(10-5-19-31)22-7-3-2-4-8-22/h2-4,7-8,11-18,25,31-32H,5-6,9-10,19-21H2,1H3/b29-28-/t25-,30?/m0/s1. The predicted octanol–water partition coefficient (Wildman–Crippen LogP) is 5.60. The van der Waals surface area contributed by atoms with Crippen LogP contribution in [0.15, 0.2) is 78.9 Å². The minimum Gasteiger partial charge on any atom is -0.508 e. The summed E-state index contributed by atoms with van der Waals surface area (Å²) in [7, 11) is 2.16. The zero-order valence-electron chi connectivity index (χ0n) is 19.3. The van der Waals surface area contributed by atoms with Crippen LogP contribution in [0.25, 0.3) is 11.1 Å². The molecule has 2 atom stereocenters. The largest absolute Gasteiger partial charge is 0.508 e. The molecule has 0 spiro atoms. The molecule has 3 aromatic rings. The Morgan fingerprint density at radius 1 is 0.879 bits per heavy atom. The number of aliphatic hydroxyl groups is 1. The van der Waals surface area contributed by atoms with E-state index in [1.165, 1.54) is 18.5 Å². The third-order valence-electron chi connectivity index (χ3n) is 6.25. The number of allylic oxidation sites excluding steroid dienone is 1. The van der Waals surface area contributed by atoms with Crippen molar-refractivity contribution < 1.29 is 14.9 Å². The number of benzene rings is 3. The molecular weight excluding hydrogens is 410 g/mol. The highest BCUT2D eigenvalue weighted by molar-refractivity contribution is 5.98. The second kappa shape index (κ2) is 11.2. The van der Waals surface area contributed by atoms with Gasteiger partial charge in [-0.15, -0.1) is 0 Å². The highest BCUT2D eigenvalue weighted by Crippen LogP contribution is 2.36. The van der Waals surface area contributed by atoms with Crippen LogP contribution in [0.4, 0.5) is 0 Å². The van der Waals surface area contributed by atoms with Gasteiger partial charge in [-0.3, -0.25) is 0 Å². The van der Waals surface area contributed by atoms with Crippen LogP contribution in [0.2, 0.25) is 0 Å². The Kier molecular flexibility index (Phi) is 7.82. The molecule has 0 saturated carbocycles. The summed E-state index contributed by atoms with van der Waals surface area (Å²) < 4.78 is 5.98. The molecule has 4 rings (SSSR count). The van der Waals surface area contributed by atoms with Crippen molar-refractivity contribution >= 4 is 11.1 Å². The van der Waals surface area contributed by atoms with Crippen molar-refractivity contribution in [2.75, 3.05) is 26.8 Å². The average molecular weight is 444 g/mol. The van der Waals surface area contributed by atoms with Crippen molar-refractivity contribution in [1.82, 2.24) is 4.90 Å². The topological polar surface area (TPSA) is 52.7 Å². The van der Waals surface area contributed by atoms with E-state index in [0.29, 0.717) is 6.42 Å². The first kappa shape index (κ1) is 23.1. The summed E-state index contributed by atoms with van der Waals surface area (Å²) in [4.78, 5) is 2.35. The van der Waals surface area contributed by atoms with Gasteiger partial charge in [-0.1, -0.05) is 54.6 Å². The second-order valence-corrected chi connectivity index (χ2v) is 8.70. The quantitative estimate of drug-likeness (QED) is 0.230. The average Bonchev–Trinajstić information content (AvgIpc) is 3.56. The molecular formula is C29H33NO3. The Labute approximate surface area is 196 Å². The number of aromatic hydroxyl groups is 1. The summed E-state index contributed by atoms with van der Waals surface area (Å²) in [6.45, 7) is 2.08. The van der Waals surface area contributed by atoms with Crippen molar-refractivity contribution in [2.45, 2.75) is 31.7 Å². The van der Waals surface area contributed by atoms with E-state index in [9.17, 15) is 10.2 Å². The molecule has 0 radical (unpaired) electrons. The molecule has 3 aromatic carbocycles. The molecule has 4 nitrogen and oxygen atoms in total. The third-order valence-corrected chi connectivity index (χ3v) is 6.25. The Balaban J connectivity index is 1.62. The number of phenolic OH excluding ortho intramolecular Hbond substituents is 1. The lowest BCUT2D eigenvalue weighted by atomic mass is 9.87. The number of nitrogens with zero attached hydrogens (tertiary/aromatic N) is 1. The van der Waals surface area contributed by atoms with Crippen LogP contribution < -0.4 is 4.74 Å². The summed E-state index contributed by atoms with van der Waals surface area (Å²) >= 11 is 0. The number of hydrogen-bond acceptors (Lipinski definition) is 4. The molecule has 1 fully saturated rings. The zero-order valence-corrected chi connectivity index (χ0v) is 19.3. The van der Waals surface area contributed by atoms with E-state index in [4.69, 9.17) is 4.74 Å². The lowest BCUT2D eigenvalue weighted by Crippen LogP contribution is -2.02. The summed E-state index contributed by atoms with van der Waals surface area (Å²) in [5.74, 6) is 1.13. The SMILES string of the molecule is CN1C[C@@H]1CCCOc1ccc(/C(=C(/CCCO)c2ccccc2)c2ccc(O)cc2)cc1.